The number of thiophene rings is 1. The fourth-order valence-corrected chi connectivity index (χ4v) is 4.79. The van der Waals surface area contributed by atoms with E-state index in [0.717, 1.165) is 10.2 Å². The lowest BCUT2D eigenvalue weighted by Crippen LogP contribution is -2.29. The van der Waals surface area contributed by atoms with Crippen molar-refractivity contribution in [2.75, 3.05) is 5.75 Å². The van der Waals surface area contributed by atoms with Crippen molar-refractivity contribution in [2.24, 2.45) is 5.84 Å². The maximum Gasteiger partial charge on any atom is 0.0568 e. The minimum absolute atomic E-state index is 0.135. The van der Waals surface area contributed by atoms with Crippen LogP contribution in [0.1, 0.15) is 11.6 Å². The Morgan fingerprint density at radius 2 is 2.05 bits per heavy atom. The van der Waals surface area contributed by atoms with Crippen LogP contribution >= 0.6 is 39.0 Å². The molecule has 0 aliphatic heterocycles. The molecule has 3 N–H and O–H groups in total. The monoisotopic (exact) mass is 378 g/mol. The molecule has 1 unspecified atom stereocenters. The second-order valence-corrected chi connectivity index (χ2v) is 7.60. The molecule has 3 rings (SSSR count). The fourth-order valence-electron chi connectivity index (χ4n) is 2.25. The van der Waals surface area contributed by atoms with E-state index in [4.69, 9.17) is 5.84 Å². The van der Waals surface area contributed by atoms with Crippen LogP contribution in [0.3, 0.4) is 0 Å². The lowest BCUT2D eigenvalue weighted by atomic mass is 10.1. The van der Waals surface area contributed by atoms with Gasteiger partial charge in [-0.2, -0.15) is 0 Å². The number of fused-ring (bicyclic) bond motifs is 1. The van der Waals surface area contributed by atoms with Crippen molar-refractivity contribution < 1.29 is 0 Å². The first-order valence-electron chi connectivity index (χ1n) is 6.58. The highest BCUT2D eigenvalue weighted by atomic mass is 79.9. The maximum atomic E-state index is 5.79. The quantitative estimate of drug-likeness (QED) is 0.374. The summed E-state index contributed by atoms with van der Waals surface area (Å²) >= 11 is 7.08. The van der Waals surface area contributed by atoms with Crippen molar-refractivity contribution in [3.05, 3.63) is 63.9 Å². The van der Waals surface area contributed by atoms with Gasteiger partial charge >= 0.3 is 0 Å². The molecule has 0 aliphatic rings. The summed E-state index contributed by atoms with van der Waals surface area (Å²) < 4.78 is 2.42. The molecule has 0 saturated heterocycles. The number of hydrogen-bond acceptors (Lipinski definition) is 4. The predicted octanol–water partition coefficient (Wildman–Crippen LogP) is 4.96. The number of benzene rings is 2. The van der Waals surface area contributed by atoms with Crippen LogP contribution in [-0.4, -0.2) is 5.75 Å². The molecule has 3 aromatic rings. The Morgan fingerprint density at radius 3 is 2.86 bits per heavy atom. The van der Waals surface area contributed by atoms with E-state index in [9.17, 15) is 0 Å². The maximum absolute atomic E-state index is 5.79. The van der Waals surface area contributed by atoms with Crippen LogP contribution in [0.2, 0.25) is 0 Å². The Bertz CT molecular complexity index is 742. The summed E-state index contributed by atoms with van der Waals surface area (Å²) in [6, 6.07) is 17.0. The van der Waals surface area contributed by atoms with Crippen molar-refractivity contribution in [1.29, 1.82) is 0 Å². The van der Waals surface area contributed by atoms with Gasteiger partial charge in [-0.25, -0.2) is 0 Å². The number of rotatable bonds is 5. The molecule has 0 fully saturated rings. The van der Waals surface area contributed by atoms with Gasteiger partial charge in [0.1, 0.15) is 0 Å². The van der Waals surface area contributed by atoms with Gasteiger partial charge in [0.15, 0.2) is 0 Å². The van der Waals surface area contributed by atoms with E-state index in [-0.39, 0.29) is 6.04 Å². The number of halogens is 1. The number of thioether (sulfide) groups is 1. The highest BCUT2D eigenvalue weighted by Crippen LogP contribution is 2.32. The molecular weight excluding hydrogens is 364 g/mol. The van der Waals surface area contributed by atoms with Crippen molar-refractivity contribution in [3.63, 3.8) is 0 Å². The molecule has 1 heterocycles. The number of nitrogens with two attached hydrogens (primary N) is 1. The van der Waals surface area contributed by atoms with E-state index in [1.807, 2.05) is 6.07 Å². The highest BCUT2D eigenvalue weighted by Gasteiger charge is 2.14. The Labute approximate surface area is 140 Å². The largest absolute Gasteiger partial charge is 0.271 e. The molecule has 0 radical (unpaired) electrons. The van der Waals surface area contributed by atoms with Gasteiger partial charge in [0.25, 0.3) is 0 Å². The van der Waals surface area contributed by atoms with Crippen molar-refractivity contribution >= 4 is 49.1 Å². The molecule has 0 bridgehead atoms. The number of hydrogen-bond donors (Lipinski definition) is 2. The van der Waals surface area contributed by atoms with Gasteiger partial charge in [0, 0.05) is 19.8 Å². The summed E-state index contributed by atoms with van der Waals surface area (Å²) in [5.41, 5.74) is 4.23. The average molecular weight is 379 g/mol. The molecule has 0 spiro atoms. The Balaban J connectivity index is 1.80. The average Bonchev–Trinajstić information content (AvgIpc) is 2.97. The molecule has 0 amide bonds. The summed E-state index contributed by atoms with van der Waals surface area (Å²) in [6.45, 7) is 0. The standard InChI is InChI=1S/C16H15BrN2S2/c17-12-4-2-5-13(9-12)21-10-15(19-18)14-6-1-3-11-7-8-20-16(11)14/h1-9,15,19H,10,18H2. The smallest absolute Gasteiger partial charge is 0.0568 e. The molecule has 1 atom stereocenters. The first kappa shape index (κ1) is 15.1. The minimum Gasteiger partial charge on any atom is -0.271 e. The fraction of sp³-hybridized carbons (Fsp3) is 0.125. The topological polar surface area (TPSA) is 38.0 Å². The number of nitrogens with one attached hydrogen (secondary N) is 1. The van der Waals surface area contributed by atoms with E-state index in [2.05, 4.69) is 69.2 Å². The van der Waals surface area contributed by atoms with Crippen LogP contribution in [-0.2, 0) is 0 Å². The molecule has 2 aromatic carbocycles. The van der Waals surface area contributed by atoms with Gasteiger partial charge in [-0.1, -0.05) is 40.2 Å². The Morgan fingerprint density at radius 1 is 1.19 bits per heavy atom. The van der Waals surface area contributed by atoms with Crippen LogP contribution in [0, 0.1) is 0 Å². The van der Waals surface area contributed by atoms with Crippen LogP contribution in [0.5, 0.6) is 0 Å². The predicted molar refractivity (Wildman–Crippen MR) is 96.8 cm³/mol. The third kappa shape index (κ3) is 3.49. The van der Waals surface area contributed by atoms with Crippen LogP contribution in [0.25, 0.3) is 10.1 Å². The van der Waals surface area contributed by atoms with Gasteiger partial charge in [0.2, 0.25) is 0 Å². The van der Waals surface area contributed by atoms with E-state index >= 15 is 0 Å². The first-order valence-corrected chi connectivity index (χ1v) is 9.24. The lowest BCUT2D eigenvalue weighted by molar-refractivity contribution is 0.615. The molecule has 0 aliphatic carbocycles. The molecule has 5 heteroatoms. The van der Waals surface area contributed by atoms with E-state index in [1.165, 1.54) is 20.5 Å². The van der Waals surface area contributed by atoms with Gasteiger partial charge in [0.05, 0.1) is 6.04 Å². The lowest BCUT2D eigenvalue weighted by Gasteiger charge is -2.17. The van der Waals surface area contributed by atoms with E-state index < -0.39 is 0 Å². The van der Waals surface area contributed by atoms with Crippen LogP contribution in [0.15, 0.2) is 63.3 Å². The second kappa shape index (κ2) is 6.94. The molecule has 108 valence electrons. The van der Waals surface area contributed by atoms with Crippen molar-refractivity contribution in [2.45, 2.75) is 10.9 Å². The molecular formula is C16H15BrN2S2. The van der Waals surface area contributed by atoms with Gasteiger partial charge in [-0.05, 0) is 40.6 Å². The molecule has 1 aromatic heterocycles. The van der Waals surface area contributed by atoms with Gasteiger partial charge in [-0.15, -0.1) is 23.1 Å². The Hall–Kier alpha value is -0.850. The first-order chi connectivity index (χ1) is 10.3. The summed E-state index contributed by atoms with van der Waals surface area (Å²) in [6.07, 6.45) is 0. The van der Waals surface area contributed by atoms with Gasteiger partial charge in [-0.3, -0.25) is 11.3 Å². The Kier molecular flexibility index (Phi) is 4.98. The highest BCUT2D eigenvalue weighted by molar-refractivity contribution is 9.10. The molecule has 0 saturated carbocycles. The molecule has 21 heavy (non-hydrogen) atoms. The normalized spacial score (nSPS) is 12.7. The summed E-state index contributed by atoms with van der Waals surface area (Å²) in [4.78, 5) is 1.24. The van der Waals surface area contributed by atoms with Crippen molar-refractivity contribution in [1.82, 2.24) is 5.43 Å². The third-order valence-electron chi connectivity index (χ3n) is 3.30. The van der Waals surface area contributed by atoms with E-state index in [1.54, 1.807) is 23.1 Å². The minimum atomic E-state index is 0.135. The van der Waals surface area contributed by atoms with E-state index in [0.29, 0.717) is 0 Å². The van der Waals surface area contributed by atoms with Gasteiger partial charge < -0.3 is 0 Å². The number of hydrazine groups is 1. The summed E-state index contributed by atoms with van der Waals surface area (Å²) in [5.74, 6) is 6.68. The summed E-state index contributed by atoms with van der Waals surface area (Å²) in [7, 11) is 0. The summed E-state index contributed by atoms with van der Waals surface area (Å²) in [5, 5.41) is 3.41. The van der Waals surface area contributed by atoms with Crippen LogP contribution in [0.4, 0.5) is 0 Å². The zero-order valence-electron chi connectivity index (χ0n) is 11.3. The SMILES string of the molecule is NNC(CSc1cccc(Br)c1)c1cccc2ccsc12. The van der Waals surface area contributed by atoms with Crippen LogP contribution < -0.4 is 11.3 Å². The zero-order chi connectivity index (χ0) is 14.7. The third-order valence-corrected chi connectivity index (χ3v) is 5.86. The molecule has 2 nitrogen and oxygen atoms in total. The van der Waals surface area contributed by atoms with Crippen molar-refractivity contribution in [3.8, 4) is 0 Å². The zero-order valence-corrected chi connectivity index (χ0v) is 14.5. The second-order valence-electron chi connectivity index (χ2n) is 4.67.